The molecule has 0 saturated heterocycles. The minimum atomic E-state index is -0.183. The first-order valence-electron chi connectivity index (χ1n) is 8.98. The van der Waals surface area contributed by atoms with Crippen molar-refractivity contribution >= 4 is 28.2 Å². The molecule has 0 bridgehead atoms. The molecule has 1 aliphatic rings. The van der Waals surface area contributed by atoms with E-state index in [-0.39, 0.29) is 11.8 Å². The minimum absolute atomic E-state index is 0.108. The third-order valence-corrected chi connectivity index (χ3v) is 5.68. The Kier molecular flexibility index (Phi) is 6.41. The van der Waals surface area contributed by atoms with Gasteiger partial charge in [-0.3, -0.25) is 9.59 Å². The van der Waals surface area contributed by atoms with Crippen molar-refractivity contribution in [2.45, 2.75) is 32.1 Å². The van der Waals surface area contributed by atoms with E-state index in [0.29, 0.717) is 29.3 Å². The largest absolute Gasteiger partial charge is 0.385 e. The van der Waals surface area contributed by atoms with Crippen LogP contribution in [0.25, 0.3) is 0 Å². The smallest absolute Gasteiger partial charge is 0.256 e. The number of fused-ring (bicyclic) bond motifs is 1. The molecule has 3 rings (SSSR count). The van der Waals surface area contributed by atoms with Crippen LogP contribution in [0.4, 0.5) is 5.00 Å². The molecule has 0 saturated carbocycles. The molecule has 26 heavy (non-hydrogen) atoms. The molecule has 138 valence electrons. The fourth-order valence-corrected chi connectivity index (χ4v) is 4.45. The molecule has 0 radical (unpaired) electrons. The average molecular weight is 372 g/mol. The summed E-state index contributed by atoms with van der Waals surface area (Å²) in [6.07, 6.45) is 4.85. The zero-order chi connectivity index (χ0) is 18.4. The summed E-state index contributed by atoms with van der Waals surface area (Å²) in [6, 6.07) is 9.08. The number of ether oxygens (including phenoxy) is 1. The predicted molar refractivity (Wildman–Crippen MR) is 104 cm³/mol. The number of hydrogen-bond donors (Lipinski definition) is 2. The van der Waals surface area contributed by atoms with Crippen LogP contribution in [-0.4, -0.2) is 32.1 Å². The van der Waals surface area contributed by atoms with E-state index in [1.807, 2.05) is 18.2 Å². The highest BCUT2D eigenvalue weighted by atomic mass is 32.1. The van der Waals surface area contributed by atoms with E-state index in [1.165, 1.54) is 16.2 Å². The van der Waals surface area contributed by atoms with Crippen molar-refractivity contribution in [1.82, 2.24) is 5.32 Å². The van der Waals surface area contributed by atoms with Gasteiger partial charge in [-0.1, -0.05) is 18.2 Å². The van der Waals surface area contributed by atoms with Crippen LogP contribution in [-0.2, 0) is 17.6 Å². The lowest BCUT2D eigenvalue weighted by atomic mass is 9.95. The molecule has 6 heteroatoms. The van der Waals surface area contributed by atoms with Gasteiger partial charge < -0.3 is 15.4 Å². The van der Waals surface area contributed by atoms with Gasteiger partial charge in [0.2, 0.25) is 0 Å². The molecule has 0 unspecified atom stereocenters. The molecule has 2 aromatic rings. The Morgan fingerprint density at radius 3 is 2.65 bits per heavy atom. The number of aryl methyl sites for hydroxylation is 1. The summed E-state index contributed by atoms with van der Waals surface area (Å²) >= 11 is 1.54. The molecule has 0 aliphatic heterocycles. The van der Waals surface area contributed by atoms with E-state index in [2.05, 4.69) is 10.6 Å². The zero-order valence-electron chi connectivity index (χ0n) is 15.0. The van der Waals surface area contributed by atoms with Crippen molar-refractivity contribution < 1.29 is 14.3 Å². The van der Waals surface area contributed by atoms with Crippen molar-refractivity contribution in [3.05, 3.63) is 51.9 Å². The molecule has 0 atom stereocenters. The Morgan fingerprint density at radius 1 is 1.12 bits per heavy atom. The fraction of sp³-hybridized carbons (Fsp3) is 0.400. The standard InChI is InChI=1S/C20H24N2O3S/c1-25-13-7-12-21-19(24)17-15-10-5-6-11-16(15)26-20(17)22-18(23)14-8-3-2-4-9-14/h2-4,8-9H,5-7,10-13H2,1H3,(H,21,24)(H,22,23). The summed E-state index contributed by atoms with van der Waals surface area (Å²) in [5.41, 5.74) is 2.34. The topological polar surface area (TPSA) is 67.4 Å². The SMILES string of the molecule is COCCCNC(=O)c1c(NC(=O)c2ccccc2)sc2c1CCCC2. The molecule has 0 fully saturated rings. The summed E-state index contributed by atoms with van der Waals surface area (Å²) in [4.78, 5) is 26.6. The molecule has 0 spiro atoms. The van der Waals surface area contributed by atoms with Crippen LogP contribution in [0, 0.1) is 0 Å². The second kappa shape index (κ2) is 8.96. The van der Waals surface area contributed by atoms with Crippen molar-refractivity contribution in [3.8, 4) is 0 Å². The average Bonchev–Trinajstić information content (AvgIpc) is 3.03. The van der Waals surface area contributed by atoms with Crippen molar-refractivity contribution in [2.75, 3.05) is 25.6 Å². The fourth-order valence-electron chi connectivity index (χ4n) is 3.17. The Balaban J connectivity index is 1.81. The van der Waals surface area contributed by atoms with Crippen LogP contribution in [0.3, 0.4) is 0 Å². The zero-order valence-corrected chi connectivity index (χ0v) is 15.8. The lowest BCUT2D eigenvalue weighted by molar-refractivity contribution is 0.0948. The first kappa shape index (κ1) is 18.6. The van der Waals surface area contributed by atoms with Crippen molar-refractivity contribution in [3.63, 3.8) is 0 Å². The van der Waals surface area contributed by atoms with E-state index >= 15 is 0 Å². The highest BCUT2D eigenvalue weighted by Gasteiger charge is 2.26. The Morgan fingerprint density at radius 2 is 1.88 bits per heavy atom. The number of carbonyl (C=O) groups excluding carboxylic acids is 2. The highest BCUT2D eigenvalue weighted by molar-refractivity contribution is 7.17. The maximum atomic E-state index is 12.8. The van der Waals surface area contributed by atoms with Gasteiger partial charge in [0.1, 0.15) is 5.00 Å². The first-order valence-corrected chi connectivity index (χ1v) is 9.80. The van der Waals surface area contributed by atoms with Gasteiger partial charge in [-0.05, 0) is 49.8 Å². The van der Waals surface area contributed by atoms with Gasteiger partial charge in [-0.2, -0.15) is 0 Å². The van der Waals surface area contributed by atoms with Crippen molar-refractivity contribution in [1.29, 1.82) is 0 Å². The number of carbonyl (C=O) groups is 2. The summed E-state index contributed by atoms with van der Waals surface area (Å²) in [6.45, 7) is 1.17. The second-order valence-corrected chi connectivity index (χ2v) is 7.44. The monoisotopic (exact) mass is 372 g/mol. The molecule has 1 aromatic carbocycles. The van der Waals surface area contributed by atoms with Crippen molar-refractivity contribution in [2.24, 2.45) is 0 Å². The lowest BCUT2D eigenvalue weighted by Crippen LogP contribution is -2.27. The number of hydrogen-bond acceptors (Lipinski definition) is 4. The van der Waals surface area contributed by atoms with Crippen LogP contribution in [0.15, 0.2) is 30.3 Å². The quantitative estimate of drug-likeness (QED) is 0.729. The van der Waals surface area contributed by atoms with Gasteiger partial charge in [0.05, 0.1) is 5.56 Å². The number of thiophene rings is 1. The maximum Gasteiger partial charge on any atom is 0.256 e. The first-order chi connectivity index (χ1) is 12.7. The normalized spacial score (nSPS) is 13.1. The molecule has 1 aromatic heterocycles. The van der Waals surface area contributed by atoms with E-state index in [9.17, 15) is 9.59 Å². The van der Waals surface area contributed by atoms with Crippen LogP contribution in [0.1, 0.15) is 50.4 Å². The summed E-state index contributed by atoms with van der Waals surface area (Å²) in [7, 11) is 1.65. The Hall–Kier alpha value is -2.18. The number of rotatable bonds is 7. The molecular weight excluding hydrogens is 348 g/mol. The van der Waals surface area contributed by atoms with Crippen LogP contribution in [0.5, 0.6) is 0 Å². The number of methoxy groups -OCH3 is 1. The Labute approximate surface area is 157 Å². The van der Waals surface area contributed by atoms with E-state index in [1.54, 1.807) is 19.2 Å². The minimum Gasteiger partial charge on any atom is -0.385 e. The number of anilines is 1. The van der Waals surface area contributed by atoms with Crippen LogP contribution in [0.2, 0.25) is 0 Å². The molecular formula is C20H24N2O3S. The predicted octanol–water partition coefficient (Wildman–Crippen LogP) is 3.65. The number of nitrogens with one attached hydrogen (secondary N) is 2. The van der Waals surface area contributed by atoms with Gasteiger partial charge in [-0.15, -0.1) is 11.3 Å². The third kappa shape index (κ3) is 4.31. The van der Waals surface area contributed by atoms with Gasteiger partial charge >= 0.3 is 0 Å². The van der Waals surface area contributed by atoms with E-state index in [0.717, 1.165) is 37.7 Å². The summed E-state index contributed by atoms with van der Waals surface area (Å²) < 4.78 is 5.02. The van der Waals surface area contributed by atoms with Crippen LogP contribution < -0.4 is 10.6 Å². The van der Waals surface area contributed by atoms with Gasteiger partial charge in [0.15, 0.2) is 0 Å². The number of benzene rings is 1. The van der Waals surface area contributed by atoms with Gasteiger partial charge in [0.25, 0.3) is 11.8 Å². The number of amides is 2. The summed E-state index contributed by atoms with van der Waals surface area (Å²) in [5.74, 6) is -0.290. The molecule has 2 amide bonds. The van der Waals surface area contributed by atoms with Gasteiger partial charge in [0, 0.05) is 30.7 Å². The highest BCUT2D eigenvalue weighted by Crippen LogP contribution is 2.38. The third-order valence-electron chi connectivity index (χ3n) is 4.47. The maximum absolute atomic E-state index is 12.8. The molecule has 1 aliphatic carbocycles. The van der Waals surface area contributed by atoms with Gasteiger partial charge in [-0.25, -0.2) is 0 Å². The second-order valence-electron chi connectivity index (χ2n) is 6.34. The lowest BCUT2D eigenvalue weighted by Gasteiger charge is -2.13. The van der Waals surface area contributed by atoms with Crippen LogP contribution >= 0.6 is 11.3 Å². The van der Waals surface area contributed by atoms with E-state index in [4.69, 9.17) is 4.74 Å². The summed E-state index contributed by atoms with van der Waals surface area (Å²) in [5, 5.41) is 6.58. The molecule has 2 N–H and O–H groups in total. The van der Waals surface area contributed by atoms with E-state index < -0.39 is 0 Å². The molecule has 1 heterocycles. The molecule has 5 nitrogen and oxygen atoms in total. The Bertz CT molecular complexity index is 771.